The highest BCUT2D eigenvalue weighted by Gasteiger charge is 2.47. The van der Waals surface area contributed by atoms with Gasteiger partial charge in [-0.25, -0.2) is 4.79 Å². The van der Waals surface area contributed by atoms with E-state index in [1.54, 1.807) is 14.2 Å². The van der Waals surface area contributed by atoms with Crippen LogP contribution >= 0.6 is 0 Å². The molecule has 1 aliphatic rings. The Morgan fingerprint density at radius 2 is 1.37 bits per heavy atom. The topological polar surface area (TPSA) is 101 Å². The molecule has 0 bridgehead atoms. The van der Waals surface area contributed by atoms with Gasteiger partial charge in [-0.15, -0.1) is 0 Å². The number of ether oxygens (including phenoxy) is 4. The van der Waals surface area contributed by atoms with Crippen molar-refractivity contribution in [1.82, 2.24) is 9.55 Å². The summed E-state index contributed by atoms with van der Waals surface area (Å²) in [4.78, 5) is 27.0. The molecule has 3 aromatic carbocycles. The number of aromatic nitrogens is 2. The zero-order chi connectivity index (χ0) is 33.1. The molecule has 1 saturated heterocycles. The van der Waals surface area contributed by atoms with Crippen LogP contribution in [0.1, 0.15) is 50.1 Å². The number of nitrogens with one attached hydrogen (secondary N) is 1. The molecular formula is C36H44N2O7Si. The van der Waals surface area contributed by atoms with Crippen molar-refractivity contribution in [3.05, 3.63) is 129 Å². The van der Waals surface area contributed by atoms with E-state index in [9.17, 15) is 9.59 Å². The van der Waals surface area contributed by atoms with Crippen LogP contribution in [-0.4, -0.2) is 50.9 Å². The van der Waals surface area contributed by atoms with E-state index in [0.717, 1.165) is 28.2 Å². The molecule has 1 fully saturated rings. The summed E-state index contributed by atoms with van der Waals surface area (Å²) in [6.07, 6.45) is 0.389. The summed E-state index contributed by atoms with van der Waals surface area (Å²) >= 11 is 0. The largest absolute Gasteiger partial charge is 0.497 e. The Labute approximate surface area is 271 Å². The van der Waals surface area contributed by atoms with Crippen LogP contribution in [0.4, 0.5) is 0 Å². The van der Waals surface area contributed by atoms with Crippen molar-refractivity contribution in [2.24, 2.45) is 0 Å². The van der Waals surface area contributed by atoms with E-state index in [2.05, 4.69) is 51.0 Å². The van der Waals surface area contributed by atoms with E-state index < -0.39 is 37.5 Å². The second-order valence-corrected chi connectivity index (χ2v) is 17.9. The van der Waals surface area contributed by atoms with Crippen LogP contribution in [-0.2, 0) is 19.5 Å². The average molecular weight is 645 g/mol. The van der Waals surface area contributed by atoms with Crippen LogP contribution < -0.4 is 20.7 Å². The summed E-state index contributed by atoms with van der Waals surface area (Å²) in [5, 5.41) is -0.0503. The number of benzene rings is 3. The lowest BCUT2D eigenvalue weighted by molar-refractivity contribution is -0.0928. The minimum atomic E-state index is -2.26. The molecular weight excluding hydrogens is 600 g/mol. The molecule has 0 radical (unpaired) electrons. The first-order valence-electron chi connectivity index (χ1n) is 15.5. The fraction of sp³-hybridized carbons (Fsp3) is 0.389. The number of methoxy groups -OCH3 is 2. The lowest BCUT2D eigenvalue weighted by atomic mass is 9.80. The first-order chi connectivity index (χ1) is 21.9. The van der Waals surface area contributed by atoms with Crippen LogP contribution in [0.5, 0.6) is 11.5 Å². The predicted molar refractivity (Wildman–Crippen MR) is 180 cm³/mol. The quantitative estimate of drug-likeness (QED) is 0.152. The van der Waals surface area contributed by atoms with E-state index in [1.165, 1.54) is 16.8 Å². The van der Waals surface area contributed by atoms with Gasteiger partial charge in [0.05, 0.1) is 26.9 Å². The fourth-order valence-corrected chi connectivity index (χ4v) is 6.99. The number of H-pyrrole nitrogens is 1. The monoisotopic (exact) mass is 644 g/mol. The van der Waals surface area contributed by atoms with Gasteiger partial charge in [0.25, 0.3) is 5.56 Å². The van der Waals surface area contributed by atoms with Gasteiger partial charge in [0.2, 0.25) is 0 Å². The van der Waals surface area contributed by atoms with Gasteiger partial charge in [-0.2, -0.15) is 0 Å². The first-order valence-corrected chi connectivity index (χ1v) is 18.4. The fourth-order valence-electron chi connectivity index (χ4n) is 5.64. The number of hydrogen-bond donors (Lipinski definition) is 1. The molecule has 10 heteroatoms. The first kappa shape index (κ1) is 33.4. The van der Waals surface area contributed by atoms with Crippen LogP contribution in [0.15, 0.2) is 101 Å². The maximum Gasteiger partial charge on any atom is 0.330 e. The third-order valence-corrected chi connectivity index (χ3v) is 13.7. The number of aromatic amines is 1. The van der Waals surface area contributed by atoms with E-state index in [4.69, 9.17) is 23.4 Å². The molecule has 1 aliphatic heterocycles. The van der Waals surface area contributed by atoms with Crippen molar-refractivity contribution in [3.63, 3.8) is 0 Å². The smallest absolute Gasteiger partial charge is 0.330 e. The maximum absolute atomic E-state index is 12.8. The molecule has 46 heavy (non-hydrogen) atoms. The lowest BCUT2D eigenvalue weighted by Crippen LogP contribution is -2.47. The van der Waals surface area contributed by atoms with E-state index in [1.807, 2.05) is 66.7 Å². The van der Waals surface area contributed by atoms with Gasteiger partial charge >= 0.3 is 5.69 Å². The molecule has 0 spiro atoms. The van der Waals surface area contributed by atoms with Crippen LogP contribution in [0.3, 0.4) is 0 Å². The van der Waals surface area contributed by atoms with Crippen LogP contribution in [0, 0.1) is 0 Å². The van der Waals surface area contributed by atoms with E-state index in [0.29, 0.717) is 6.42 Å². The molecule has 9 nitrogen and oxygen atoms in total. The summed E-state index contributed by atoms with van der Waals surface area (Å²) in [6.45, 7) is 11.1. The molecule has 0 saturated carbocycles. The Morgan fingerprint density at radius 3 is 1.87 bits per heavy atom. The molecule has 0 amide bonds. The molecule has 5 rings (SSSR count). The molecule has 0 unspecified atom stereocenters. The highest BCUT2D eigenvalue weighted by molar-refractivity contribution is 6.74. The zero-order valence-corrected chi connectivity index (χ0v) is 28.6. The molecule has 3 atom stereocenters. The highest BCUT2D eigenvalue weighted by atomic mass is 28.4. The van der Waals surface area contributed by atoms with Crippen molar-refractivity contribution in [3.8, 4) is 11.5 Å². The van der Waals surface area contributed by atoms with Crippen molar-refractivity contribution < 1.29 is 23.4 Å². The Hall–Kier alpha value is -3.96. The summed E-state index contributed by atoms with van der Waals surface area (Å²) < 4.78 is 33.1. The predicted octanol–water partition coefficient (Wildman–Crippen LogP) is 6.24. The van der Waals surface area contributed by atoms with Crippen molar-refractivity contribution in [1.29, 1.82) is 0 Å². The third kappa shape index (κ3) is 6.76. The maximum atomic E-state index is 12.8. The number of hydrogen-bond acceptors (Lipinski definition) is 7. The number of nitrogens with zero attached hydrogens (tertiary/aromatic N) is 1. The second kappa shape index (κ2) is 13.4. The van der Waals surface area contributed by atoms with Gasteiger partial charge in [0.1, 0.15) is 29.4 Å². The van der Waals surface area contributed by atoms with Gasteiger partial charge < -0.3 is 23.4 Å². The SMILES string of the molecule is COc1ccc(C(OC[C@H]2O[C@@H](n3ccc(=O)[nH]c3=O)C[C@@H]2O[Si](C)(C)C(C)(C)C)(c2ccccc2)c2ccc(OC)cc2)cc1. The minimum absolute atomic E-state index is 0.0503. The summed E-state index contributed by atoms with van der Waals surface area (Å²) in [6, 6.07) is 27.1. The summed E-state index contributed by atoms with van der Waals surface area (Å²) in [7, 11) is 1.02. The van der Waals surface area contributed by atoms with Crippen LogP contribution in [0.2, 0.25) is 18.1 Å². The molecule has 244 valence electrons. The Kier molecular flexibility index (Phi) is 9.74. The molecule has 1 aromatic heterocycles. The van der Waals surface area contributed by atoms with Gasteiger partial charge in [-0.3, -0.25) is 14.3 Å². The van der Waals surface area contributed by atoms with Crippen molar-refractivity contribution in [2.45, 2.75) is 69.4 Å². The third-order valence-electron chi connectivity index (χ3n) is 9.23. The average Bonchev–Trinajstić information content (AvgIpc) is 3.43. The van der Waals surface area contributed by atoms with E-state index in [-0.39, 0.29) is 17.7 Å². The normalized spacial score (nSPS) is 18.8. The van der Waals surface area contributed by atoms with Gasteiger partial charge in [0, 0.05) is 18.7 Å². The minimum Gasteiger partial charge on any atom is -0.497 e. The van der Waals surface area contributed by atoms with Gasteiger partial charge in [0.15, 0.2) is 8.32 Å². The lowest BCUT2D eigenvalue weighted by Gasteiger charge is -2.40. The van der Waals surface area contributed by atoms with Crippen LogP contribution in [0.25, 0.3) is 0 Å². The summed E-state index contributed by atoms with van der Waals surface area (Å²) in [5.41, 5.74) is 0.701. The molecule has 4 aromatic rings. The second-order valence-electron chi connectivity index (χ2n) is 13.1. The van der Waals surface area contributed by atoms with Gasteiger partial charge in [-0.1, -0.05) is 75.4 Å². The molecule has 2 heterocycles. The zero-order valence-electron chi connectivity index (χ0n) is 27.6. The Bertz CT molecular complexity index is 1660. The van der Waals surface area contributed by atoms with Crippen molar-refractivity contribution in [2.75, 3.05) is 20.8 Å². The Balaban J connectivity index is 1.59. The Morgan fingerprint density at radius 1 is 0.826 bits per heavy atom. The number of rotatable bonds is 11. The molecule has 1 N–H and O–H groups in total. The molecule has 0 aliphatic carbocycles. The van der Waals surface area contributed by atoms with Gasteiger partial charge in [-0.05, 0) is 59.1 Å². The standard InChI is InChI=1S/C36H44N2O7Si/c1-35(2,3)46(6,7)45-30-23-33(38-22-21-32(39)37-34(38)40)44-31(30)24-43-36(25-11-9-8-10-12-25,26-13-17-28(41-4)18-14-26)27-15-19-29(42-5)20-16-27/h8-22,30-31,33H,23-24H2,1-7H3,(H,37,39,40)/t30-,31+,33+/m0/s1. The highest BCUT2D eigenvalue weighted by Crippen LogP contribution is 2.44. The summed E-state index contributed by atoms with van der Waals surface area (Å²) in [5.74, 6) is 1.47. The van der Waals surface area contributed by atoms with Crippen molar-refractivity contribution >= 4 is 8.32 Å². The van der Waals surface area contributed by atoms with E-state index >= 15 is 0 Å².